The molecule has 1 N–H and O–H groups in total. The van der Waals surface area contributed by atoms with Crippen LogP contribution in [0.25, 0.3) is 10.9 Å². The molecule has 3 heteroatoms. The van der Waals surface area contributed by atoms with Crippen molar-refractivity contribution in [3.05, 3.63) is 30.0 Å². The first-order chi connectivity index (χ1) is 10.8. The van der Waals surface area contributed by atoms with Crippen LogP contribution in [-0.2, 0) is 0 Å². The van der Waals surface area contributed by atoms with Crippen LogP contribution in [0.15, 0.2) is 24.4 Å². The van der Waals surface area contributed by atoms with Gasteiger partial charge in [-0.05, 0) is 69.4 Å². The lowest BCUT2D eigenvalue weighted by atomic mass is 9.89. The molecule has 1 aromatic heterocycles. The zero-order chi connectivity index (χ0) is 15.4. The molecule has 0 radical (unpaired) electrons. The number of hydrogen-bond donors (Lipinski definition) is 1. The first-order valence-electron chi connectivity index (χ1n) is 8.78. The molecule has 0 amide bonds. The van der Waals surface area contributed by atoms with E-state index < -0.39 is 0 Å². The molecule has 1 aliphatic heterocycles. The van der Waals surface area contributed by atoms with Gasteiger partial charge in [0.2, 0.25) is 0 Å². The van der Waals surface area contributed by atoms with Gasteiger partial charge in [0.15, 0.2) is 0 Å². The summed E-state index contributed by atoms with van der Waals surface area (Å²) in [6, 6.07) is 6.44. The van der Waals surface area contributed by atoms with Gasteiger partial charge in [-0.1, -0.05) is 13.3 Å². The summed E-state index contributed by atoms with van der Waals surface area (Å²) in [6.45, 7) is 8.78. The van der Waals surface area contributed by atoms with Crippen LogP contribution >= 0.6 is 0 Å². The van der Waals surface area contributed by atoms with Crippen LogP contribution in [0.1, 0.15) is 51.0 Å². The summed E-state index contributed by atoms with van der Waals surface area (Å²) in [5.74, 6) is 1.65. The number of ether oxygens (including phenoxy) is 1. The number of unbranched alkanes of at least 4 members (excludes halogenated alkanes) is 1. The van der Waals surface area contributed by atoms with E-state index in [1.165, 1.54) is 61.8 Å². The number of fused-ring (bicyclic) bond motifs is 1. The van der Waals surface area contributed by atoms with Gasteiger partial charge in [-0.15, -0.1) is 0 Å². The highest BCUT2D eigenvalue weighted by Crippen LogP contribution is 2.34. The SMILES string of the molecule is CCCCN1CCC(c2c[nH]c3cc(OCC)ccc23)CC1. The molecule has 0 aliphatic carbocycles. The van der Waals surface area contributed by atoms with Crippen molar-refractivity contribution >= 4 is 10.9 Å². The maximum absolute atomic E-state index is 5.59. The van der Waals surface area contributed by atoms with Gasteiger partial charge in [0.25, 0.3) is 0 Å². The molecule has 3 rings (SSSR count). The van der Waals surface area contributed by atoms with Crippen molar-refractivity contribution in [2.45, 2.75) is 45.4 Å². The first kappa shape index (κ1) is 15.4. The molecule has 0 atom stereocenters. The lowest BCUT2D eigenvalue weighted by molar-refractivity contribution is 0.210. The lowest BCUT2D eigenvalue weighted by Crippen LogP contribution is -2.33. The van der Waals surface area contributed by atoms with E-state index >= 15 is 0 Å². The summed E-state index contributed by atoms with van der Waals surface area (Å²) in [5.41, 5.74) is 2.70. The van der Waals surface area contributed by atoms with Crippen molar-refractivity contribution in [3.63, 3.8) is 0 Å². The number of hydrogen-bond acceptors (Lipinski definition) is 2. The number of piperidine rings is 1. The predicted octanol–water partition coefficient (Wildman–Crippen LogP) is 4.55. The van der Waals surface area contributed by atoms with Crippen molar-refractivity contribution in [1.29, 1.82) is 0 Å². The summed E-state index contributed by atoms with van der Waals surface area (Å²) < 4.78 is 5.59. The van der Waals surface area contributed by atoms with Gasteiger partial charge >= 0.3 is 0 Å². The summed E-state index contributed by atoms with van der Waals surface area (Å²) in [5, 5.41) is 1.37. The fourth-order valence-corrected chi connectivity index (χ4v) is 3.57. The molecule has 22 heavy (non-hydrogen) atoms. The molecule has 1 aliphatic rings. The quantitative estimate of drug-likeness (QED) is 0.848. The minimum Gasteiger partial charge on any atom is -0.494 e. The number of aromatic nitrogens is 1. The molecule has 0 spiro atoms. The minimum atomic E-state index is 0.699. The Kier molecular flexibility index (Phi) is 5.04. The zero-order valence-electron chi connectivity index (χ0n) is 13.9. The van der Waals surface area contributed by atoms with Gasteiger partial charge in [0.1, 0.15) is 5.75 Å². The van der Waals surface area contributed by atoms with Crippen LogP contribution in [0, 0.1) is 0 Å². The Morgan fingerprint density at radius 1 is 1.23 bits per heavy atom. The fourth-order valence-electron chi connectivity index (χ4n) is 3.57. The lowest BCUT2D eigenvalue weighted by Gasteiger charge is -2.31. The Balaban J connectivity index is 1.69. The second-order valence-electron chi connectivity index (χ2n) is 6.35. The van der Waals surface area contributed by atoms with Gasteiger partial charge < -0.3 is 14.6 Å². The van der Waals surface area contributed by atoms with E-state index in [2.05, 4.69) is 41.2 Å². The number of aromatic amines is 1. The molecule has 0 bridgehead atoms. The Morgan fingerprint density at radius 2 is 2.05 bits per heavy atom. The average Bonchev–Trinajstić information content (AvgIpc) is 2.97. The highest BCUT2D eigenvalue weighted by atomic mass is 16.5. The van der Waals surface area contributed by atoms with E-state index in [0.717, 1.165) is 12.4 Å². The van der Waals surface area contributed by atoms with Gasteiger partial charge in [-0.3, -0.25) is 0 Å². The number of benzene rings is 1. The molecule has 2 aromatic rings. The van der Waals surface area contributed by atoms with Crippen LogP contribution in [0.2, 0.25) is 0 Å². The van der Waals surface area contributed by atoms with Crippen molar-refractivity contribution in [2.24, 2.45) is 0 Å². The third-order valence-corrected chi connectivity index (χ3v) is 4.85. The predicted molar refractivity (Wildman–Crippen MR) is 92.8 cm³/mol. The van der Waals surface area contributed by atoms with Crippen molar-refractivity contribution < 1.29 is 4.74 Å². The van der Waals surface area contributed by atoms with E-state index in [0.29, 0.717) is 5.92 Å². The van der Waals surface area contributed by atoms with E-state index in [-0.39, 0.29) is 0 Å². The van der Waals surface area contributed by atoms with E-state index in [4.69, 9.17) is 4.74 Å². The molecule has 120 valence electrons. The van der Waals surface area contributed by atoms with Crippen LogP contribution in [0.4, 0.5) is 0 Å². The number of nitrogens with one attached hydrogen (secondary N) is 1. The molecule has 1 fully saturated rings. The molecule has 1 aromatic carbocycles. The summed E-state index contributed by atoms with van der Waals surface area (Å²) >= 11 is 0. The largest absolute Gasteiger partial charge is 0.494 e. The van der Waals surface area contributed by atoms with Crippen molar-refractivity contribution in [2.75, 3.05) is 26.2 Å². The Hall–Kier alpha value is -1.48. The van der Waals surface area contributed by atoms with Gasteiger partial charge in [0, 0.05) is 23.2 Å². The Bertz CT molecular complexity index is 597. The number of likely N-dealkylation sites (tertiary alicyclic amines) is 1. The molecular formula is C19H28N2O. The molecular weight excluding hydrogens is 272 g/mol. The topological polar surface area (TPSA) is 28.3 Å². The van der Waals surface area contributed by atoms with Crippen molar-refractivity contribution in [1.82, 2.24) is 9.88 Å². The monoisotopic (exact) mass is 300 g/mol. The Labute approximate surface area is 133 Å². The molecule has 3 nitrogen and oxygen atoms in total. The van der Waals surface area contributed by atoms with E-state index in [1.807, 2.05) is 6.92 Å². The molecule has 0 unspecified atom stereocenters. The zero-order valence-corrected chi connectivity index (χ0v) is 13.9. The third-order valence-electron chi connectivity index (χ3n) is 4.85. The molecule has 1 saturated heterocycles. The Morgan fingerprint density at radius 3 is 2.77 bits per heavy atom. The van der Waals surface area contributed by atoms with Gasteiger partial charge in [-0.2, -0.15) is 0 Å². The van der Waals surface area contributed by atoms with Gasteiger partial charge in [0.05, 0.1) is 6.61 Å². The second-order valence-corrected chi connectivity index (χ2v) is 6.35. The minimum absolute atomic E-state index is 0.699. The maximum atomic E-state index is 5.59. The van der Waals surface area contributed by atoms with E-state index in [9.17, 15) is 0 Å². The van der Waals surface area contributed by atoms with Crippen LogP contribution in [0.5, 0.6) is 5.75 Å². The van der Waals surface area contributed by atoms with Gasteiger partial charge in [-0.25, -0.2) is 0 Å². The van der Waals surface area contributed by atoms with Crippen molar-refractivity contribution in [3.8, 4) is 5.75 Å². The standard InChI is InChI=1S/C19H28N2O/c1-3-5-10-21-11-8-15(9-12-21)18-14-20-19-13-16(22-4-2)6-7-17(18)19/h6-7,13-15,20H,3-5,8-12H2,1-2H3. The molecule has 2 heterocycles. The van der Waals surface area contributed by atoms with Crippen LogP contribution < -0.4 is 4.74 Å². The highest BCUT2D eigenvalue weighted by molar-refractivity contribution is 5.85. The number of nitrogens with zero attached hydrogens (tertiary/aromatic N) is 1. The van der Waals surface area contributed by atoms with Crippen LogP contribution in [-0.4, -0.2) is 36.1 Å². The number of rotatable bonds is 6. The number of H-pyrrole nitrogens is 1. The second kappa shape index (κ2) is 7.19. The smallest absolute Gasteiger partial charge is 0.121 e. The summed E-state index contributed by atoms with van der Waals surface area (Å²) in [4.78, 5) is 6.06. The highest BCUT2D eigenvalue weighted by Gasteiger charge is 2.22. The third kappa shape index (κ3) is 3.30. The first-order valence-corrected chi connectivity index (χ1v) is 8.78. The molecule has 0 saturated carbocycles. The van der Waals surface area contributed by atoms with Crippen LogP contribution in [0.3, 0.4) is 0 Å². The summed E-state index contributed by atoms with van der Waals surface area (Å²) in [6.07, 6.45) is 7.41. The normalized spacial score (nSPS) is 17.2. The maximum Gasteiger partial charge on any atom is 0.121 e. The summed E-state index contributed by atoms with van der Waals surface area (Å²) in [7, 11) is 0. The average molecular weight is 300 g/mol. The fraction of sp³-hybridized carbons (Fsp3) is 0.579. The van der Waals surface area contributed by atoms with E-state index in [1.54, 1.807) is 0 Å².